The molecule has 16 heavy (non-hydrogen) atoms. The van der Waals surface area contributed by atoms with Crippen LogP contribution in [-0.4, -0.2) is 35.2 Å². The summed E-state index contributed by atoms with van der Waals surface area (Å²) in [5.74, 6) is -0.979. The summed E-state index contributed by atoms with van der Waals surface area (Å²) in [5.41, 5.74) is -0.499. The summed E-state index contributed by atoms with van der Waals surface area (Å²) in [6.07, 6.45) is 1.78. The van der Waals surface area contributed by atoms with Crippen LogP contribution in [0.2, 0.25) is 0 Å². The molecular weight excluding hydrogens is 210 g/mol. The molecule has 1 aliphatic rings. The number of carboxylic acids is 1. The van der Waals surface area contributed by atoms with Gasteiger partial charge in [-0.05, 0) is 33.1 Å². The van der Waals surface area contributed by atoms with Gasteiger partial charge in [0.1, 0.15) is 6.10 Å². The van der Waals surface area contributed by atoms with E-state index in [-0.39, 0.29) is 18.4 Å². The predicted molar refractivity (Wildman–Crippen MR) is 58.1 cm³/mol. The molecule has 0 aliphatic carbocycles. The first-order chi connectivity index (χ1) is 7.41. The molecule has 1 rings (SSSR count). The van der Waals surface area contributed by atoms with Crippen molar-refractivity contribution in [2.45, 2.75) is 51.2 Å². The standard InChI is InChI=1S/C11H19NO4/c1-11(2,6-5-9(13)14)12-10(15)8-4-3-7-16-8/h8H,3-7H2,1-2H3,(H,12,15)(H,13,14). The van der Waals surface area contributed by atoms with Crippen LogP contribution in [-0.2, 0) is 14.3 Å². The Morgan fingerprint density at radius 1 is 1.50 bits per heavy atom. The van der Waals surface area contributed by atoms with E-state index in [1.54, 1.807) is 0 Å². The highest BCUT2D eigenvalue weighted by Gasteiger charge is 2.28. The number of aliphatic carboxylic acids is 1. The minimum Gasteiger partial charge on any atom is -0.481 e. The third-order valence-electron chi connectivity index (χ3n) is 2.65. The van der Waals surface area contributed by atoms with Gasteiger partial charge in [0.15, 0.2) is 0 Å². The quantitative estimate of drug-likeness (QED) is 0.735. The highest BCUT2D eigenvalue weighted by atomic mass is 16.5. The maximum Gasteiger partial charge on any atom is 0.303 e. The normalized spacial score (nSPS) is 20.8. The molecule has 1 amide bonds. The monoisotopic (exact) mass is 229 g/mol. The fourth-order valence-corrected chi connectivity index (χ4v) is 1.68. The van der Waals surface area contributed by atoms with Gasteiger partial charge in [0.2, 0.25) is 5.91 Å². The molecule has 0 radical (unpaired) electrons. The van der Waals surface area contributed by atoms with Gasteiger partial charge in [-0.25, -0.2) is 0 Å². The lowest BCUT2D eigenvalue weighted by molar-refractivity contribution is -0.138. The van der Waals surface area contributed by atoms with Gasteiger partial charge in [-0.3, -0.25) is 9.59 Å². The topological polar surface area (TPSA) is 75.6 Å². The van der Waals surface area contributed by atoms with Crippen LogP contribution in [0.1, 0.15) is 39.5 Å². The molecule has 0 aromatic rings. The molecule has 1 fully saturated rings. The SMILES string of the molecule is CC(C)(CCC(=O)O)NC(=O)C1CCCO1. The van der Waals surface area contributed by atoms with Gasteiger partial charge in [0, 0.05) is 18.6 Å². The summed E-state index contributed by atoms with van der Waals surface area (Å²) in [6, 6.07) is 0. The second-order valence-corrected chi connectivity index (χ2v) is 4.77. The van der Waals surface area contributed by atoms with Crippen molar-refractivity contribution in [2.24, 2.45) is 0 Å². The lowest BCUT2D eigenvalue weighted by Gasteiger charge is -2.27. The van der Waals surface area contributed by atoms with Crippen molar-refractivity contribution in [1.82, 2.24) is 5.32 Å². The van der Waals surface area contributed by atoms with Crippen molar-refractivity contribution in [3.63, 3.8) is 0 Å². The number of nitrogens with one attached hydrogen (secondary N) is 1. The zero-order chi connectivity index (χ0) is 12.2. The molecule has 0 spiro atoms. The number of amides is 1. The van der Waals surface area contributed by atoms with E-state index in [0.29, 0.717) is 13.0 Å². The summed E-state index contributed by atoms with van der Waals surface area (Å²) < 4.78 is 5.26. The predicted octanol–water partition coefficient (Wildman–Crippen LogP) is 0.925. The van der Waals surface area contributed by atoms with Gasteiger partial charge in [-0.1, -0.05) is 0 Å². The molecule has 1 unspecified atom stereocenters. The Morgan fingerprint density at radius 2 is 2.19 bits per heavy atom. The number of rotatable bonds is 5. The largest absolute Gasteiger partial charge is 0.481 e. The van der Waals surface area contributed by atoms with E-state index >= 15 is 0 Å². The van der Waals surface area contributed by atoms with Crippen LogP contribution < -0.4 is 5.32 Å². The smallest absolute Gasteiger partial charge is 0.303 e. The van der Waals surface area contributed by atoms with Gasteiger partial charge in [0.05, 0.1) is 0 Å². The first kappa shape index (κ1) is 13.0. The maximum absolute atomic E-state index is 11.7. The van der Waals surface area contributed by atoms with E-state index in [0.717, 1.165) is 12.8 Å². The molecular formula is C11H19NO4. The maximum atomic E-state index is 11.7. The Morgan fingerprint density at radius 3 is 2.69 bits per heavy atom. The van der Waals surface area contributed by atoms with Crippen LogP contribution >= 0.6 is 0 Å². The third kappa shape index (κ3) is 4.18. The average molecular weight is 229 g/mol. The van der Waals surface area contributed by atoms with Gasteiger partial charge >= 0.3 is 5.97 Å². The molecule has 1 saturated heterocycles. The van der Waals surface area contributed by atoms with Crippen LogP contribution in [0.3, 0.4) is 0 Å². The van der Waals surface area contributed by atoms with Crippen LogP contribution in [0.5, 0.6) is 0 Å². The van der Waals surface area contributed by atoms with Gasteiger partial charge in [-0.15, -0.1) is 0 Å². The minimum atomic E-state index is -0.848. The second kappa shape index (κ2) is 5.30. The van der Waals surface area contributed by atoms with Crippen LogP contribution in [0, 0.1) is 0 Å². The molecule has 5 heteroatoms. The first-order valence-corrected chi connectivity index (χ1v) is 5.56. The molecule has 1 atom stereocenters. The first-order valence-electron chi connectivity index (χ1n) is 5.56. The van der Waals surface area contributed by atoms with Crippen molar-refractivity contribution in [3.8, 4) is 0 Å². The number of hydrogen-bond acceptors (Lipinski definition) is 3. The summed E-state index contributed by atoms with van der Waals surface area (Å²) in [7, 11) is 0. The lowest BCUT2D eigenvalue weighted by Crippen LogP contribution is -2.47. The van der Waals surface area contributed by atoms with Crippen molar-refractivity contribution >= 4 is 11.9 Å². The Balaban J connectivity index is 2.38. The van der Waals surface area contributed by atoms with Gasteiger partial charge in [0.25, 0.3) is 0 Å². The number of carbonyl (C=O) groups is 2. The van der Waals surface area contributed by atoms with Crippen molar-refractivity contribution < 1.29 is 19.4 Å². The van der Waals surface area contributed by atoms with E-state index < -0.39 is 11.5 Å². The highest BCUT2D eigenvalue weighted by molar-refractivity contribution is 5.81. The molecule has 2 N–H and O–H groups in total. The number of carboxylic acid groups (broad SMARTS) is 1. The van der Waals surface area contributed by atoms with Gasteiger partial charge in [-0.2, -0.15) is 0 Å². The highest BCUT2D eigenvalue weighted by Crippen LogP contribution is 2.16. The van der Waals surface area contributed by atoms with Crippen LogP contribution in [0.25, 0.3) is 0 Å². The molecule has 92 valence electrons. The van der Waals surface area contributed by atoms with Gasteiger partial charge < -0.3 is 15.2 Å². The van der Waals surface area contributed by atoms with Crippen LogP contribution in [0.15, 0.2) is 0 Å². The second-order valence-electron chi connectivity index (χ2n) is 4.77. The third-order valence-corrected chi connectivity index (χ3v) is 2.65. The minimum absolute atomic E-state index is 0.0544. The molecule has 0 bridgehead atoms. The molecule has 1 aliphatic heterocycles. The number of ether oxygens (including phenoxy) is 1. The zero-order valence-corrected chi connectivity index (χ0v) is 9.78. The summed E-state index contributed by atoms with van der Waals surface area (Å²) in [5, 5.41) is 11.4. The number of hydrogen-bond donors (Lipinski definition) is 2. The van der Waals surface area contributed by atoms with E-state index in [4.69, 9.17) is 9.84 Å². The molecule has 5 nitrogen and oxygen atoms in total. The van der Waals surface area contributed by atoms with E-state index in [2.05, 4.69) is 5.32 Å². The van der Waals surface area contributed by atoms with Crippen LogP contribution in [0.4, 0.5) is 0 Å². The fourth-order valence-electron chi connectivity index (χ4n) is 1.68. The van der Waals surface area contributed by atoms with Crippen molar-refractivity contribution in [1.29, 1.82) is 0 Å². The van der Waals surface area contributed by atoms with Crippen molar-refractivity contribution in [3.05, 3.63) is 0 Å². The van der Waals surface area contributed by atoms with E-state index in [9.17, 15) is 9.59 Å². The Hall–Kier alpha value is -1.10. The van der Waals surface area contributed by atoms with E-state index in [1.807, 2.05) is 13.8 Å². The molecule has 0 saturated carbocycles. The average Bonchev–Trinajstić information content (AvgIpc) is 2.67. The molecule has 0 aromatic heterocycles. The Kier molecular flexibility index (Phi) is 4.29. The Bertz CT molecular complexity index is 269. The number of carbonyl (C=O) groups excluding carboxylic acids is 1. The molecule has 1 heterocycles. The van der Waals surface area contributed by atoms with E-state index in [1.165, 1.54) is 0 Å². The fraction of sp³-hybridized carbons (Fsp3) is 0.818. The summed E-state index contributed by atoms with van der Waals surface area (Å²) in [6.45, 7) is 4.28. The Labute approximate surface area is 95.2 Å². The van der Waals surface area contributed by atoms with Crippen molar-refractivity contribution in [2.75, 3.05) is 6.61 Å². The molecule has 0 aromatic carbocycles. The summed E-state index contributed by atoms with van der Waals surface area (Å²) in [4.78, 5) is 22.2. The summed E-state index contributed by atoms with van der Waals surface area (Å²) >= 11 is 0. The zero-order valence-electron chi connectivity index (χ0n) is 9.78. The lowest BCUT2D eigenvalue weighted by atomic mass is 9.98.